The van der Waals surface area contributed by atoms with Gasteiger partial charge in [0.2, 0.25) is 0 Å². The van der Waals surface area contributed by atoms with Gasteiger partial charge >= 0.3 is 0 Å². The third-order valence-corrected chi connectivity index (χ3v) is 1.85. The zero-order chi connectivity index (χ0) is 8.81. The molecule has 0 bridgehead atoms. The Kier molecular flexibility index (Phi) is 3.45. The minimum atomic E-state index is 0.345. The lowest BCUT2D eigenvalue weighted by molar-refractivity contribution is 0.212. The van der Waals surface area contributed by atoms with Crippen molar-refractivity contribution in [3.8, 4) is 0 Å². The van der Waals surface area contributed by atoms with E-state index in [0.717, 1.165) is 12.2 Å². The van der Waals surface area contributed by atoms with Crippen LogP contribution in [-0.4, -0.2) is 6.61 Å². The summed E-state index contributed by atoms with van der Waals surface area (Å²) in [6.07, 6.45) is 4.17. The zero-order valence-electron chi connectivity index (χ0n) is 7.32. The van der Waals surface area contributed by atoms with Gasteiger partial charge in [0.05, 0.1) is 25.1 Å². The Labute approximate surface area is 72.8 Å². The molecule has 1 atom stereocenters. The molecule has 0 radical (unpaired) electrons. The van der Waals surface area contributed by atoms with Gasteiger partial charge in [-0.1, -0.05) is 13.5 Å². The molecule has 0 saturated carbocycles. The van der Waals surface area contributed by atoms with E-state index in [1.807, 2.05) is 12.1 Å². The Morgan fingerprint density at radius 1 is 1.75 bits per heavy atom. The molecule has 0 spiro atoms. The second-order valence-corrected chi connectivity index (χ2v) is 2.62. The molecule has 1 rings (SSSR count). The number of furan rings is 1. The first-order valence-electron chi connectivity index (χ1n) is 4.14. The first-order chi connectivity index (χ1) is 5.88. The molecule has 1 heterocycles. The molecule has 1 aromatic heterocycles. The van der Waals surface area contributed by atoms with E-state index in [0.29, 0.717) is 12.5 Å². The van der Waals surface area contributed by atoms with Crippen LogP contribution < -0.4 is 0 Å². The molecule has 2 heteroatoms. The van der Waals surface area contributed by atoms with Crippen molar-refractivity contribution in [3.05, 3.63) is 37.0 Å². The van der Waals surface area contributed by atoms with Crippen LogP contribution in [0.1, 0.15) is 25.0 Å². The summed E-state index contributed by atoms with van der Waals surface area (Å²) in [6, 6.07) is 3.87. The normalized spacial score (nSPS) is 12.4. The summed E-state index contributed by atoms with van der Waals surface area (Å²) in [6.45, 7) is 6.25. The van der Waals surface area contributed by atoms with Crippen LogP contribution >= 0.6 is 0 Å². The lowest BCUT2D eigenvalue weighted by atomic mass is 10.1. The van der Waals surface area contributed by atoms with Gasteiger partial charge in [0.1, 0.15) is 5.76 Å². The van der Waals surface area contributed by atoms with Crippen molar-refractivity contribution < 1.29 is 9.15 Å². The highest BCUT2D eigenvalue weighted by atomic mass is 16.5. The van der Waals surface area contributed by atoms with E-state index >= 15 is 0 Å². The van der Waals surface area contributed by atoms with Crippen LogP contribution in [0.5, 0.6) is 0 Å². The molecule has 12 heavy (non-hydrogen) atoms. The van der Waals surface area contributed by atoms with Crippen LogP contribution in [0.25, 0.3) is 0 Å². The molecule has 0 aliphatic heterocycles. The predicted molar refractivity (Wildman–Crippen MR) is 47.9 cm³/mol. The SMILES string of the molecule is C=COCC(CC)c1ccco1. The summed E-state index contributed by atoms with van der Waals surface area (Å²) in [5.74, 6) is 1.33. The standard InChI is InChI=1S/C10H14O2/c1-3-9(8-11-4-2)10-6-5-7-12-10/h4-7,9H,2-3,8H2,1H3. The third kappa shape index (κ3) is 2.16. The van der Waals surface area contributed by atoms with Gasteiger partial charge in [-0.05, 0) is 18.6 Å². The van der Waals surface area contributed by atoms with Crippen LogP contribution in [0.4, 0.5) is 0 Å². The van der Waals surface area contributed by atoms with Crippen LogP contribution in [0, 0.1) is 0 Å². The summed E-state index contributed by atoms with van der Waals surface area (Å²) in [5, 5.41) is 0. The Morgan fingerprint density at radius 2 is 2.58 bits per heavy atom. The topological polar surface area (TPSA) is 22.4 Å². The average molecular weight is 166 g/mol. The van der Waals surface area contributed by atoms with E-state index in [1.54, 1.807) is 6.26 Å². The summed E-state index contributed by atoms with van der Waals surface area (Å²) < 4.78 is 10.4. The van der Waals surface area contributed by atoms with Gasteiger partial charge in [0, 0.05) is 0 Å². The minimum Gasteiger partial charge on any atom is -0.501 e. The van der Waals surface area contributed by atoms with Crippen molar-refractivity contribution in [1.29, 1.82) is 0 Å². The maximum absolute atomic E-state index is 5.27. The van der Waals surface area contributed by atoms with Gasteiger partial charge in [-0.2, -0.15) is 0 Å². The van der Waals surface area contributed by atoms with E-state index in [9.17, 15) is 0 Å². The van der Waals surface area contributed by atoms with Crippen molar-refractivity contribution in [2.45, 2.75) is 19.3 Å². The van der Waals surface area contributed by atoms with Gasteiger partial charge in [0.15, 0.2) is 0 Å². The Morgan fingerprint density at radius 3 is 3.08 bits per heavy atom. The molecular weight excluding hydrogens is 152 g/mol. The molecule has 0 aliphatic rings. The van der Waals surface area contributed by atoms with Crippen LogP contribution in [-0.2, 0) is 4.74 Å². The highest BCUT2D eigenvalue weighted by Gasteiger charge is 2.11. The zero-order valence-corrected chi connectivity index (χ0v) is 7.32. The van der Waals surface area contributed by atoms with Crippen molar-refractivity contribution in [3.63, 3.8) is 0 Å². The molecule has 0 saturated heterocycles. The summed E-state index contributed by atoms with van der Waals surface area (Å²) in [7, 11) is 0. The first-order valence-corrected chi connectivity index (χ1v) is 4.14. The quantitative estimate of drug-likeness (QED) is 0.627. The minimum absolute atomic E-state index is 0.345. The number of hydrogen-bond acceptors (Lipinski definition) is 2. The van der Waals surface area contributed by atoms with Gasteiger partial charge in [0.25, 0.3) is 0 Å². The first kappa shape index (κ1) is 8.91. The molecule has 2 nitrogen and oxygen atoms in total. The fraction of sp³-hybridized carbons (Fsp3) is 0.400. The van der Waals surface area contributed by atoms with E-state index in [4.69, 9.17) is 9.15 Å². The molecule has 1 aromatic rings. The fourth-order valence-corrected chi connectivity index (χ4v) is 1.11. The maximum atomic E-state index is 5.27. The Bertz CT molecular complexity index is 214. The molecular formula is C10H14O2. The molecule has 66 valence electrons. The Hall–Kier alpha value is -1.18. The second kappa shape index (κ2) is 4.65. The van der Waals surface area contributed by atoms with Gasteiger partial charge < -0.3 is 9.15 Å². The Balaban J connectivity index is 2.51. The van der Waals surface area contributed by atoms with Crippen molar-refractivity contribution in [2.24, 2.45) is 0 Å². The third-order valence-electron chi connectivity index (χ3n) is 1.85. The summed E-state index contributed by atoms with van der Waals surface area (Å²) in [5.41, 5.74) is 0. The molecule has 0 amide bonds. The average Bonchev–Trinajstić information content (AvgIpc) is 2.59. The van der Waals surface area contributed by atoms with Crippen molar-refractivity contribution >= 4 is 0 Å². The van der Waals surface area contributed by atoms with E-state index < -0.39 is 0 Å². The number of ether oxygens (including phenoxy) is 1. The second-order valence-electron chi connectivity index (χ2n) is 2.62. The maximum Gasteiger partial charge on any atom is 0.110 e. The highest BCUT2D eigenvalue weighted by Crippen LogP contribution is 2.19. The smallest absolute Gasteiger partial charge is 0.110 e. The lowest BCUT2D eigenvalue weighted by Crippen LogP contribution is -2.02. The molecule has 0 aromatic carbocycles. The monoisotopic (exact) mass is 166 g/mol. The highest BCUT2D eigenvalue weighted by molar-refractivity contribution is 5.04. The fourth-order valence-electron chi connectivity index (χ4n) is 1.11. The molecule has 0 aliphatic carbocycles. The van der Waals surface area contributed by atoms with E-state index in [1.165, 1.54) is 6.26 Å². The van der Waals surface area contributed by atoms with Crippen LogP contribution in [0.15, 0.2) is 35.7 Å². The lowest BCUT2D eigenvalue weighted by Gasteiger charge is -2.10. The molecule has 0 fully saturated rings. The van der Waals surface area contributed by atoms with Crippen molar-refractivity contribution in [1.82, 2.24) is 0 Å². The summed E-state index contributed by atoms with van der Waals surface area (Å²) >= 11 is 0. The van der Waals surface area contributed by atoms with Crippen LogP contribution in [0.2, 0.25) is 0 Å². The van der Waals surface area contributed by atoms with Crippen molar-refractivity contribution in [2.75, 3.05) is 6.61 Å². The van der Waals surface area contributed by atoms with Gasteiger partial charge in [-0.25, -0.2) is 0 Å². The number of rotatable bonds is 5. The van der Waals surface area contributed by atoms with Gasteiger partial charge in [-0.3, -0.25) is 0 Å². The largest absolute Gasteiger partial charge is 0.501 e. The van der Waals surface area contributed by atoms with Gasteiger partial charge in [-0.15, -0.1) is 0 Å². The van der Waals surface area contributed by atoms with Crippen LogP contribution in [0.3, 0.4) is 0 Å². The number of hydrogen-bond donors (Lipinski definition) is 0. The molecule has 0 N–H and O–H groups in total. The van der Waals surface area contributed by atoms with E-state index in [-0.39, 0.29) is 0 Å². The predicted octanol–water partition coefficient (Wildman–Crippen LogP) is 2.93. The van der Waals surface area contributed by atoms with E-state index in [2.05, 4.69) is 13.5 Å². The summed E-state index contributed by atoms with van der Waals surface area (Å²) in [4.78, 5) is 0. The molecule has 1 unspecified atom stereocenters.